The van der Waals surface area contributed by atoms with Crippen LogP contribution in [0.25, 0.3) is 0 Å². The zero-order valence-electron chi connectivity index (χ0n) is 11.0. The number of morpholine rings is 1. The van der Waals surface area contributed by atoms with Gasteiger partial charge in [-0.2, -0.15) is 0 Å². The average Bonchev–Trinajstić information content (AvgIpc) is 2.36. The minimum Gasteiger partial charge on any atom is -0.494 e. The monoisotopic (exact) mass is 292 g/mol. The summed E-state index contributed by atoms with van der Waals surface area (Å²) in [6, 6.07) is 2.42. The molecule has 1 aromatic carbocycles. The van der Waals surface area contributed by atoms with Gasteiger partial charge in [-0.05, 0) is 25.2 Å². The summed E-state index contributed by atoms with van der Waals surface area (Å²) in [5, 5.41) is 0. The van der Waals surface area contributed by atoms with Crippen molar-refractivity contribution >= 4 is 12.4 Å². The molecule has 2 rings (SSSR count). The van der Waals surface area contributed by atoms with E-state index in [0.29, 0.717) is 19.2 Å². The van der Waals surface area contributed by atoms with Crippen LogP contribution in [0.3, 0.4) is 0 Å². The Balaban J connectivity index is 2.05. The molecule has 20 heavy (non-hydrogen) atoms. The highest BCUT2D eigenvalue weighted by atomic mass is 19.4. The number of hydrogen-bond acceptors (Lipinski definition) is 3. The normalized spacial score (nSPS) is 20.9. The van der Waals surface area contributed by atoms with Crippen molar-refractivity contribution in [1.82, 2.24) is 4.90 Å². The summed E-state index contributed by atoms with van der Waals surface area (Å²) in [6.07, 6.45) is -0.285. The second kappa shape index (κ2) is 6.01. The minimum atomic E-state index is -5.31. The van der Waals surface area contributed by atoms with Gasteiger partial charge in [0.05, 0.1) is 12.4 Å². The molecule has 0 bridgehead atoms. The fourth-order valence-electron chi connectivity index (χ4n) is 2.06. The number of ether oxygens (including phenoxy) is 2. The lowest BCUT2D eigenvalue weighted by Crippen LogP contribution is -2.43. The fraction of sp³-hybridized carbons (Fsp3) is 0.500. The number of nitrogens with zero attached hydrogens (tertiary/aromatic N) is 1. The molecule has 1 aliphatic heterocycles. The van der Waals surface area contributed by atoms with Crippen LogP contribution in [0.2, 0.25) is 0 Å². The standard InChI is InChI=1S/C12H15BF4NO2/c1-18-4-5-19-10(7-18)8-20-12-3-2-9(14)6-11(12)13(15,16)17/h2-3,6,10H,4-5,7-8H2,1H3/q-1. The van der Waals surface area contributed by atoms with Crippen LogP contribution in [0, 0.1) is 5.82 Å². The van der Waals surface area contributed by atoms with E-state index in [1.54, 1.807) is 0 Å². The molecule has 1 aromatic rings. The van der Waals surface area contributed by atoms with Gasteiger partial charge < -0.3 is 27.3 Å². The highest BCUT2D eigenvalue weighted by molar-refractivity contribution is 6.74. The summed E-state index contributed by atoms with van der Waals surface area (Å²) < 4.78 is 62.0. The van der Waals surface area contributed by atoms with Crippen molar-refractivity contribution < 1.29 is 26.8 Å². The molecule has 1 saturated heterocycles. The Labute approximate surface area is 114 Å². The Morgan fingerprint density at radius 1 is 1.40 bits per heavy atom. The van der Waals surface area contributed by atoms with Gasteiger partial charge in [0.2, 0.25) is 0 Å². The molecule has 1 aliphatic rings. The zero-order valence-corrected chi connectivity index (χ0v) is 11.0. The van der Waals surface area contributed by atoms with Crippen LogP contribution >= 0.6 is 0 Å². The Hall–Kier alpha value is -1.28. The summed E-state index contributed by atoms with van der Waals surface area (Å²) >= 11 is 0. The van der Waals surface area contributed by atoms with Gasteiger partial charge in [-0.25, -0.2) is 4.39 Å². The van der Waals surface area contributed by atoms with Crippen LogP contribution in [0.15, 0.2) is 18.2 Å². The van der Waals surface area contributed by atoms with Crippen LogP contribution in [-0.2, 0) is 4.74 Å². The number of benzene rings is 1. The molecule has 8 heteroatoms. The highest BCUT2D eigenvalue weighted by Crippen LogP contribution is 2.19. The maximum absolute atomic E-state index is 12.9. The Morgan fingerprint density at radius 3 is 2.80 bits per heavy atom. The summed E-state index contributed by atoms with van der Waals surface area (Å²) in [6.45, 7) is -3.42. The molecule has 3 nitrogen and oxygen atoms in total. The number of rotatable bonds is 4. The van der Waals surface area contributed by atoms with E-state index in [2.05, 4.69) is 0 Å². The lowest BCUT2D eigenvalue weighted by atomic mass is 9.79. The molecule has 1 fully saturated rings. The van der Waals surface area contributed by atoms with Gasteiger partial charge in [-0.15, -0.1) is 0 Å². The predicted octanol–water partition coefficient (Wildman–Crippen LogP) is 1.59. The molecule has 0 spiro atoms. The van der Waals surface area contributed by atoms with E-state index in [0.717, 1.165) is 18.7 Å². The molecule has 0 saturated carbocycles. The third-order valence-corrected chi connectivity index (χ3v) is 3.09. The van der Waals surface area contributed by atoms with Crippen LogP contribution in [0.1, 0.15) is 0 Å². The Bertz CT molecular complexity index is 469. The summed E-state index contributed by atoms with van der Waals surface area (Å²) in [4.78, 5) is 2.01. The van der Waals surface area contributed by atoms with E-state index in [-0.39, 0.29) is 18.5 Å². The van der Waals surface area contributed by atoms with Crippen molar-refractivity contribution in [3.8, 4) is 5.75 Å². The molecular weight excluding hydrogens is 277 g/mol. The van der Waals surface area contributed by atoms with E-state index in [9.17, 15) is 17.3 Å². The lowest BCUT2D eigenvalue weighted by molar-refractivity contribution is -0.0402. The molecule has 0 amide bonds. The largest absolute Gasteiger partial charge is 0.513 e. The maximum Gasteiger partial charge on any atom is 0.513 e. The third kappa shape index (κ3) is 3.86. The Morgan fingerprint density at radius 2 is 2.15 bits per heavy atom. The van der Waals surface area contributed by atoms with Gasteiger partial charge in [0, 0.05) is 13.1 Å². The Kier molecular flexibility index (Phi) is 4.54. The van der Waals surface area contributed by atoms with Gasteiger partial charge in [0.15, 0.2) is 0 Å². The van der Waals surface area contributed by atoms with Crippen molar-refractivity contribution in [2.24, 2.45) is 0 Å². The van der Waals surface area contributed by atoms with E-state index in [4.69, 9.17) is 9.47 Å². The van der Waals surface area contributed by atoms with Crippen molar-refractivity contribution in [2.45, 2.75) is 6.10 Å². The third-order valence-electron chi connectivity index (χ3n) is 3.09. The molecule has 0 aliphatic carbocycles. The first-order chi connectivity index (χ1) is 9.36. The van der Waals surface area contributed by atoms with Gasteiger partial charge in [-0.1, -0.05) is 5.46 Å². The molecule has 1 heterocycles. The molecular formula is C12H15BF4NO2-. The first-order valence-electron chi connectivity index (χ1n) is 6.28. The lowest BCUT2D eigenvalue weighted by Gasteiger charge is -2.30. The number of hydrogen-bond donors (Lipinski definition) is 0. The zero-order chi connectivity index (χ0) is 14.8. The quantitative estimate of drug-likeness (QED) is 0.621. The van der Waals surface area contributed by atoms with Crippen LogP contribution in [0.5, 0.6) is 5.75 Å². The second-order valence-electron chi connectivity index (χ2n) is 4.82. The van der Waals surface area contributed by atoms with Gasteiger partial charge in [0.25, 0.3) is 0 Å². The van der Waals surface area contributed by atoms with Crippen molar-refractivity contribution in [1.29, 1.82) is 0 Å². The van der Waals surface area contributed by atoms with E-state index in [1.165, 1.54) is 0 Å². The molecule has 1 atom stereocenters. The first kappa shape index (κ1) is 15.1. The maximum atomic E-state index is 12.9. The van der Waals surface area contributed by atoms with Crippen molar-refractivity contribution in [3.63, 3.8) is 0 Å². The van der Waals surface area contributed by atoms with Gasteiger partial charge >= 0.3 is 6.98 Å². The van der Waals surface area contributed by atoms with Crippen LogP contribution in [0.4, 0.5) is 17.3 Å². The first-order valence-corrected chi connectivity index (χ1v) is 6.28. The molecule has 0 N–H and O–H groups in total. The number of halogens is 4. The van der Waals surface area contributed by atoms with E-state index >= 15 is 0 Å². The smallest absolute Gasteiger partial charge is 0.494 e. The van der Waals surface area contributed by atoms with Gasteiger partial charge in [-0.3, -0.25) is 0 Å². The van der Waals surface area contributed by atoms with E-state index < -0.39 is 18.3 Å². The molecule has 0 aromatic heterocycles. The topological polar surface area (TPSA) is 21.7 Å². The highest BCUT2D eigenvalue weighted by Gasteiger charge is 2.30. The minimum absolute atomic E-state index is 0.00906. The van der Waals surface area contributed by atoms with Crippen LogP contribution < -0.4 is 10.2 Å². The van der Waals surface area contributed by atoms with E-state index in [1.807, 2.05) is 11.9 Å². The summed E-state index contributed by atoms with van der Waals surface area (Å²) in [5.41, 5.74) is -1.05. The molecule has 1 unspecified atom stereocenters. The van der Waals surface area contributed by atoms with Crippen molar-refractivity contribution in [3.05, 3.63) is 24.0 Å². The second-order valence-corrected chi connectivity index (χ2v) is 4.82. The summed E-state index contributed by atoms with van der Waals surface area (Å²) in [7, 11) is 1.90. The predicted molar refractivity (Wildman–Crippen MR) is 67.8 cm³/mol. The number of likely N-dealkylation sites (N-methyl/N-ethyl adjacent to an activating group) is 1. The average molecular weight is 292 g/mol. The van der Waals surface area contributed by atoms with Crippen LogP contribution in [-0.4, -0.2) is 51.3 Å². The van der Waals surface area contributed by atoms with Gasteiger partial charge in [0.1, 0.15) is 18.5 Å². The van der Waals surface area contributed by atoms with Crippen molar-refractivity contribution in [2.75, 3.05) is 33.4 Å². The molecule has 112 valence electrons. The summed E-state index contributed by atoms with van der Waals surface area (Å²) in [5.74, 6) is -1.28. The molecule has 0 radical (unpaired) electrons. The fourth-order valence-corrected chi connectivity index (χ4v) is 2.06. The SMILES string of the molecule is CN1CCOC(COc2ccc(F)cc2[B-](F)(F)F)C1.